The summed E-state index contributed by atoms with van der Waals surface area (Å²) in [5.74, 6) is 0.827. The molecule has 0 N–H and O–H groups in total. The standard InChI is InChI=1S/C10H19N/c1-3-6-10-7-5-8-11(4-2)9-10/h3,6,10H,4-5,7-9H2,1-2H3/b6-3-. The fourth-order valence-electron chi connectivity index (χ4n) is 1.81. The van der Waals surface area contributed by atoms with Crippen molar-refractivity contribution in [3.05, 3.63) is 12.2 Å². The zero-order chi connectivity index (χ0) is 8.10. The Kier molecular flexibility index (Phi) is 3.64. The molecule has 0 saturated carbocycles. The number of hydrogen-bond donors (Lipinski definition) is 0. The first kappa shape index (κ1) is 8.79. The third-order valence-electron chi connectivity index (χ3n) is 2.45. The summed E-state index contributed by atoms with van der Waals surface area (Å²) in [5.41, 5.74) is 0. The van der Waals surface area contributed by atoms with Crippen LogP contribution >= 0.6 is 0 Å². The number of hydrogen-bond acceptors (Lipinski definition) is 1. The van der Waals surface area contributed by atoms with Gasteiger partial charge in [-0.15, -0.1) is 0 Å². The Morgan fingerprint density at radius 3 is 3.00 bits per heavy atom. The molecule has 0 aromatic carbocycles. The number of rotatable bonds is 2. The summed E-state index contributed by atoms with van der Waals surface area (Å²) in [6, 6.07) is 0. The maximum atomic E-state index is 2.54. The van der Waals surface area contributed by atoms with Crippen molar-refractivity contribution in [2.45, 2.75) is 26.7 Å². The van der Waals surface area contributed by atoms with E-state index in [9.17, 15) is 0 Å². The topological polar surface area (TPSA) is 3.24 Å². The zero-order valence-electron chi connectivity index (χ0n) is 7.71. The normalized spacial score (nSPS) is 28.0. The van der Waals surface area contributed by atoms with Crippen molar-refractivity contribution in [1.82, 2.24) is 4.90 Å². The van der Waals surface area contributed by atoms with Crippen molar-refractivity contribution >= 4 is 0 Å². The van der Waals surface area contributed by atoms with Crippen molar-refractivity contribution in [3.8, 4) is 0 Å². The van der Waals surface area contributed by atoms with Crippen molar-refractivity contribution in [2.24, 2.45) is 5.92 Å². The van der Waals surface area contributed by atoms with Gasteiger partial charge >= 0.3 is 0 Å². The van der Waals surface area contributed by atoms with E-state index in [4.69, 9.17) is 0 Å². The molecule has 1 aliphatic rings. The smallest absolute Gasteiger partial charge is 0.00442 e. The van der Waals surface area contributed by atoms with Crippen LogP contribution in [-0.4, -0.2) is 24.5 Å². The first-order valence-corrected chi connectivity index (χ1v) is 4.72. The van der Waals surface area contributed by atoms with E-state index in [1.165, 1.54) is 32.5 Å². The summed E-state index contributed by atoms with van der Waals surface area (Å²) in [6.07, 6.45) is 7.30. The molecular formula is C10H19N. The van der Waals surface area contributed by atoms with Crippen molar-refractivity contribution in [1.29, 1.82) is 0 Å². The molecule has 1 heteroatoms. The van der Waals surface area contributed by atoms with Crippen LogP contribution in [0.25, 0.3) is 0 Å². The Morgan fingerprint density at radius 2 is 2.36 bits per heavy atom. The first-order chi connectivity index (χ1) is 5.36. The van der Waals surface area contributed by atoms with Gasteiger partial charge in [0, 0.05) is 6.54 Å². The minimum atomic E-state index is 0.827. The fourth-order valence-corrected chi connectivity index (χ4v) is 1.81. The highest BCUT2D eigenvalue weighted by atomic mass is 15.1. The molecule has 0 spiro atoms. The second-order valence-electron chi connectivity index (χ2n) is 3.32. The lowest BCUT2D eigenvalue weighted by molar-refractivity contribution is 0.206. The van der Waals surface area contributed by atoms with Gasteiger partial charge in [-0.25, -0.2) is 0 Å². The molecule has 1 unspecified atom stereocenters. The Morgan fingerprint density at radius 1 is 1.55 bits per heavy atom. The van der Waals surface area contributed by atoms with Gasteiger partial charge in [-0.3, -0.25) is 0 Å². The molecule has 1 nitrogen and oxygen atoms in total. The van der Waals surface area contributed by atoms with E-state index in [1.54, 1.807) is 0 Å². The van der Waals surface area contributed by atoms with E-state index in [0.717, 1.165) is 5.92 Å². The lowest BCUT2D eigenvalue weighted by Crippen LogP contribution is -2.34. The highest BCUT2D eigenvalue weighted by Gasteiger charge is 2.15. The molecule has 11 heavy (non-hydrogen) atoms. The average Bonchev–Trinajstić information content (AvgIpc) is 2.06. The zero-order valence-corrected chi connectivity index (χ0v) is 7.71. The summed E-state index contributed by atoms with van der Waals surface area (Å²) in [7, 11) is 0. The average molecular weight is 153 g/mol. The van der Waals surface area contributed by atoms with Gasteiger partial charge in [0.1, 0.15) is 0 Å². The van der Waals surface area contributed by atoms with Crippen LogP contribution in [-0.2, 0) is 0 Å². The first-order valence-electron chi connectivity index (χ1n) is 4.72. The molecule has 0 aliphatic carbocycles. The van der Waals surface area contributed by atoms with Crippen LogP contribution < -0.4 is 0 Å². The molecule has 1 atom stereocenters. The van der Waals surface area contributed by atoms with E-state index >= 15 is 0 Å². The van der Waals surface area contributed by atoms with Crippen molar-refractivity contribution in [3.63, 3.8) is 0 Å². The Hall–Kier alpha value is -0.300. The molecule has 0 aromatic heterocycles. The van der Waals surface area contributed by atoms with Gasteiger partial charge in [0.2, 0.25) is 0 Å². The second kappa shape index (κ2) is 4.55. The van der Waals surface area contributed by atoms with E-state index in [2.05, 4.69) is 30.9 Å². The van der Waals surface area contributed by atoms with Gasteiger partial charge in [0.05, 0.1) is 0 Å². The molecule has 1 saturated heterocycles. The highest BCUT2D eigenvalue weighted by Crippen LogP contribution is 2.16. The van der Waals surface area contributed by atoms with Crippen LogP contribution in [0, 0.1) is 5.92 Å². The largest absolute Gasteiger partial charge is 0.303 e. The third-order valence-corrected chi connectivity index (χ3v) is 2.45. The van der Waals surface area contributed by atoms with E-state index < -0.39 is 0 Å². The van der Waals surface area contributed by atoms with Gasteiger partial charge in [-0.05, 0) is 38.8 Å². The molecular weight excluding hydrogens is 134 g/mol. The van der Waals surface area contributed by atoms with Crippen LogP contribution in [0.5, 0.6) is 0 Å². The van der Waals surface area contributed by atoms with Crippen LogP contribution in [0.2, 0.25) is 0 Å². The van der Waals surface area contributed by atoms with Gasteiger partial charge in [-0.2, -0.15) is 0 Å². The monoisotopic (exact) mass is 153 g/mol. The predicted molar refractivity (Wildman–Crippen MR) is 49.7 cm³/mol. The molecule has 0 radical (unpaired) electrons. The predicted octanol–water partition coefficient (Wildman–Crippen LogP) is 2.29. The SMILES string of the molecule is C/C=C\C1CCCN(CC)C1. The summed E-state index contributed by atoms with van der Waals surface area (Å²) in [4.78, 5) is 2.54. The number of nitrogens with zero attached hydrogens (tertiary/aromatic N) is 1. The van der Waals surface area contributed by atoms with E-state index in [1.807, 2.05) is 0 Å². The summed E-state index contributed by atoms with van der Waals surface area (Å²) in [5, 5.41) is 0. The van der Waals surface area contributed by atoms with Crippen molar-refractivity contribution in [2.75, 3.05) is 19.6 Å². The molecule has 0 aromatic rings. The third kappa shape index (κ3) is 2.66. The summed E-state index contributed by atoms with van der Waals surface area (Å²) in [6.45, 7) is 8.17. The summed E-state index contributed by atoms with van der Waals surface area (Å²) < 4.78 is 0. The van der Waals surface area contributed by atoms with E-state index in [0.29, 0.717) is 0 Å². The lowest BCUT2D eigenvalue weighted by Gasteiger charge is -2.30. The van der Waals surface area contributed by atoms with Gasteiger partial charge in [0.25, 0.3) is 0 Å². The molecule has 1 rings (SSSR count). The Labute approximate surface area is 70.1 Å². The minimum Gasteiger partial charge on any atom is -0.303 e. The van der Waals surface area contributed by atoms with Gasteiger partial charge < -0.3 is 4.90 Å². The maximum Gasteiger partial charge on any atom is 0.00442 e. The molecule has 0 bridgehead atoms. The maximum absolute atomic E-state index is 2.54. The fraction of sp³-hybridized carbons (Fsp3) is 0.800. The van der Waals surface area contributed by atoms with Crippen LogP contribution in [0.1, 0.15) is 26.7 Å². The van der Waals surface area contributed by atoms with Crippen LogP contribution in [0.4, 0.5) is 0 Å². The second-order valence-corrected chi connectivity index (χ2v) is 3.32. The van der Waals surface area contributed by atoms with Crippen molar-refractivity contribution < 1.29 is 0 Å². The number of allylic oxidation sites excluding steroid dienone is 1. The number of piperidine rings is 1. The van der Waals surface area contributed by atoms with Crippen LogP contribution in [0.3, 0.4) is 0 Å². The lowest BCUT2D eigenvalue weighted by atomic mass is 9.98. The quantitative estimate of drug-likeness (QED) is 0.550. The molecule has 1 heterocycles. The highest BCUT2D eigenvalue weighted by molar-refractivity contribution is 4.89. The van der Waals surface area contributed by atoms with Crippen LogP contribution in [0.15, 0.2) is 12.2 Å². The molecule has 1 fully saturated rings. The number of likely N-dealkylation sites (tertiary alicyclic amines) is 1. The molecule has 0 amide bonds. The Bertz CT molecular complexity index is 129. The van der Waals surface area contributed by atoms with E-state index in [-0.39, 0.29) is 0 Å². The minimum absolute atomic E-state index is 0.827. The molecule has 1 aliphatic heterocycles. The molecule has 64 valence electrons. The van der Waals surface area contributed by atoms with Gasteiger partial charge in [-0.1, -0.05) is 19.1 Å². The van der Waals surface area contributed by atoms with Gasteiger partial charge in [0.15, 0.2) is 0 Å². The summed E-state index contributed by atoms with van der Waals surface area (Å²) >= 11 is 0. The Balaban J connectivity index is 2.33.